The van der Waals surface area contributed by atoms with E-state index >= 15 is 0 Å². The molecule has 3 aromatic heterocycles. The Morgan fingerprint density at radius 2 is 2.23 bits per heavy atom. The summed E-state index contributed by atoms with van der Waals surface area (Å²) in [5.74, 6) is 1.38. The maximum atomic E-state index is 12.6. The number of carbonyl (C=O) groups excluding carboxylic acids is 1. The average molecular weight is 376 g/mol. The van der Waals surface area contributed by atoms with Crippen LogP contribution in [-0.4, -0.2) is 47.1 Å². The van der Waals surface area contributed by atoms with E-state index in [-0.39, 0.29) is 5.91 Å². The Hall–Kier alpha value is -2.68. The van der Waals surface area contributed by atoms with Crippen molar-refractivity contribution in [3.63, 3.8) is 0 Å². The van der Waals surface area contributed by atoms with Crippen molar-refractivity contribution in [2.75, 3.05) is 6.54 Å². The van der Waals surface area contributed by atoms with Gasteiger partial charge in [-0.05, 0) is 0 Å². The Bertz CT molecular complexity index is 958. The largest absolute Gasteiger partial charge is 0.360 e. The quantitative estimate of drug-likeness (QED) is 0.683. The minimum absolute atomic E-state index is 0.0657. The Morgan fingerprint density at radius 1 is 1.38 bits per heavy atom. The predicted octanol–water partition coefficient (Wildman–Crippen LogP) is 1.37. The van der Waals surface area contributed by atoms with Gasteiger partial charge in [0.2, 0.25) is 5.91 Å². The van der Waals surface area contributed by atoms with Crippen LogP contribution in [0.2, 0.25) is 5.15 Å². The summed E-state index contributed by atoms with van der Waals surface area (Å²) in [6.07, 6.45) is 3.23. The van der Waals surface area contributed by atoms with Gasteiger partial charge in [-0.2, -0.15) is 5.10 Å². The molecule has 4 rings (SSSR count). The predicted molar refractivity (Wildman–Crippen MR) is 92.2 cm³/mol. The third kappa shape index (κ3) is 2.98. The van der Waals surface area contributed by atoms with Crippen molar-refractivity contribution in [2.45, 2.75) is 25.8 Å². The first-order valence-electron chi connectivity index (χ1n) is 8.31. The van der Waals surface area contributed by atoms with E-state index in [1.54, 1.807) is 12.4 Å². The first kappa shape index (κ1) is 16.8. The molecule has 3 aromatic rings. The molecule has 1 amide bonds. The molecule has 0 atom stereocenters. The van der Waals surface area contributed by atoms with Gasteiger partial charge in [-0.1, -0.05) is 16.8 Å². The third-order valence-corrected chi connectivity index (χ3v) is 4.81. The van der Waals surface area contributed by atoms with Crippen LogP contribution >= 0.6 is 11.6 Å². The number of hydrogen-bond acceptors (Lipinski definition) is 6. The van der Waals surface area contributed by atoms with Gasteiger partial charge in [0, 0.05) is 63.8 Å². The number of amides is 1. The Labute approximate surface area is 154 Å². The maximum Gasteiger partial charge on any atom is 0.223 e. The molecular formula is C16H18ClN7O2. The monoisotopic (exact) mass is 375 g/mol. The van der Waals surface area contributed by atoms with Crippen LogP contribution in [0.25, 0.3) is 11.5 Å². The standard InChI is InChI=1S/C16H18ClN7O2/c1-22-9-18-19-16(22)15-11-8-24(6-5-12(11)23(2)20-15)14(25)4-3-10-7-13(17)21-26-10/h7,9H,3-6,8H2,1-2H3. The van der Waals surface area contributed by atoms with Crippen molar-refractivity contribution in [2.24, 2.45) is 14.1 Å². The molecule has 1 aliphatic heterocycles. The number of carbonyl (C=O) groups is 1. The molecule has 0 N–H and O–H groups in total. The zero-order valence-electron chi connectivity index (χ0n) is 14.5. The minimum Gasteiger partial charge on any atom is -0.360 e. The zero-order chi connectivity index (χ0) is 18.3. The molecule has 136 valence electrons. The lowest BCUT2D eigenvalue weighted by molar-refractivity contribution is -0.132. The number of nitrogens with zero attached hydrogens (tertiary/aromatic N) is 7. The van der Waals surface area contributed by atoms with E-state index in [2.05, 4.69) is 20.5 Å². The van der Waals surface area contributed by atoms with Gasteiger partial charge in [0.25, 0.3) is 0 Å². The molecule has 9 nitrogen and oxygen atoms in total. The van der Waals surface area contributed by atoms with Crippen molar-refractivity contribution < 1.29 is 9.32 Å². The number of fused-ring (bicyclic) bond motifs is 1. The second-order valence-corrected chi connectivity index (χ2v) is 6.73. The number of aryl methyl sites for hydroxylation is 3. The molecule has 0 aromatic carbocycles. The average Bonchev–Trinajstić information content (AvgIpc) is 3.32. The molecule has 0 fully saturated rings. The van der Waals surface area contributed by atoms with E-state index in [9.17, 15) is 4.79 Å². The summed E-state index contributed by atoms with van der Waals surface area (Å²) < 4.78 is 8.76. The van der Waals surface area contributed by atoms with Gasteiger partial charge in [-0.25, -0.2) is 0 Å². The highest BCUT2D eigenvalue weighted by Crippen LogP contribution is 2.28. The van der Waals surface area contributed by atoms with Crippen LogP contribution in [-0.2, 0) is 38.3 Å². The van der Waals surface area contributed by atoms with Crippen LogP contribution < -0.4 is 0 Å². The fourth-order valence-corrected chi connectivity index (χ4v) is 3.43. The first-order chi connectivity index (χ1) is 12.5. The van der Waals surface area contributed by atoms with Crippen LogP contribution in [0.3, 0.4) is 0 Å². The molecule has 0 aliphatic carbocycles. The molecule has 4 heterocycles. The smallest absolute Gasteiger partial charge is 0.223 e. The van der Waals surface area contributed by atoms with Gasteiger partial charge in [0.1, 0.15) is 17.8 Å². The molecule has 0 saturated heterocycles. The van der Waals surface area contributed by atoms with E-state index < -0.39 is 0 Å². The van der Waals surface area contributed by atoms with E-state index in [1.807, 2.05) is 28.2 Å². The van der Waals surface area contributed by atoms with Gasteiger partial charge >= 0.3 is 0 Å². The number of aromatic nitrogens is 6. The first-order valence-corrected chi connectivity index (χ1v) is 8.68. The van der Waals surface area contributed by atoms with E-state index in [1.165, 1.54) is 0 Å². The summed E-state index contributed by atoms with van der Waals surface area (Å²) in [5, 5.41) is 16.6. The summed E-state index contributed by atoms with van der Waals surface area (Å²) in [4.78, 5) is 14.5. The summed E-state index contributed by atoms with van der Waals surface area (Å²) in [7, 11) is 3.80. The van der Waals surface area contributed by atoms with E-state index in [4.69, 9.17) is 16.1 Å². The van der Waals surface area contributed by atoms with Crippen molar-refractivity contribution in [1.29, 1.82) is 0 Å². The highest BCUT2D eigenvalue weighted by atomic mass is 35.5. The number of hydrogen-bond donors (Lipinski definition) is 0. The zero-order valence-corrected chi connectivity index (χ0v) is 15.3. The molecule has 0 radical (unpaired) electrons. The van der Waals surface area contributed by atoms with Crippen LogP contribution in [0.15, 0.2) is 16.9 Å². The van der Waals surface area contributed by atoms with Gasteiger partial charge in [0.15, 0.2) is 11.0 Å². The Kier molecular flexibility index (Phi) is 4.23. The third-order valence-electron chi connectivity index (χ3n) is 4.63. The molecule has 0 bridgehead atoms. The van der Waals surface area contributed by atoms with Crippen molar-refractivity contribution in [1.82, 2.24) is 34.6 Å². The van der Waals surface area contributed by atoms with Gasteiger partial charge in [0.05, 0.1) is 0 Å². The lowest BCUT2D eigenvalue weighted by Crippen LogP contribution is -2.36. The van der Waals surface area contributed by atoms with Crippen LogP contribution in [0.5, 0.6) is 0 Å². The minimum atomic E-state index is 0.0657. The lowest BCUT2D eigenvalue weighted by atomic mass is 10.0. The molecule has 0 spiro atoms. The number of halogens is 1. The molecule has 10 heteroatoms. The van der Waals surface area contributed by atoms with Crippen LogP contribution in [0.4, 0.5) is 0 Å². The van der Waals surface area contributed by atoms with Crippen molar-refractivity contribution >= 4 is 17.5 Å². The van der Waals surface area contributed by atoms with E-state index in [0.717, 1.165) is 23.4 Å². The topological polar surface area (TPSA) is 94.9 Å². The molecule has 26 heavy (non-hydrogen) atoms. The number of rotatable bonds is 4. The van der Waals surface area contributed by atoms with Crippen molar-refractivity contribution in [3.05, 3.63) is 34.6 Å². The Balaban J connectivity index is 1.52. The van der Waals surface area contributed by atoms with Crippen LogP contribution in [0.1, 0.15) is 23.4 Å². The molecule has 0 unspecified atom stereocenters. The lowest BCUT2D eigenvalue weighted by Gasteiger charge is -2.27. The summed E-state index contributed by atoms with van der Waals surface area (Å²) in [6, 6.07) is 1.64. The summed E-state index contributed by atoms with van der Waals surface area (Å²) >= 11 is 5.74. The molecule has 1 aliphatic rings. The Morgan fingerprint density at radius 3 is 2.92 bits per heavy atom. The fourth-order valence-electron chi connectivity index (χ4n) is 3.28. The summed E-state index contributed by atoms with van der Waals surface area (Å²) in [5.41, 5.74) is 2.95. The maximum absolute atomic E-state index is 12.6. The van der Waals surface area contributed by atoms with Gasteiger partial charge in [-0.15, -0.1) is 10.2 Å². The second kappa shape index (κ2) is 6.56. The highest BCUT2D eigenvalue weighted by Gasteiger charge is 2.28. The molecular weight excluding hydrogens is 358 g/mol. The summed E-state index contributed by atoms with van der Waals surface area (Å²) in [6.45, 7) is 1.18. The highest BCUT2D eigenvalue weighted by molar-refractivity contribution is 6.29. The normalized spacial score (nSPS) is 13.9. The SMILES string of the molecule is Cn1cnnc1-c1nn(C)c2c1CN(C(=O)CCc1cc(Cl)no1)CC2. The fraction of sp³-hybridized carbons (Fsp3) is 0.438. The second-order valence-electron chi connectivity index (χ2n) is 6.34. The van der Waals surface area contributed by atoms with Crippen LogP contribution in [0, 0.1) is 0 Å². The van der Waals surface area contributed by atoms with Crippen molar-refractivity contribution in [3.8, 4) is 11.5 Å². The molecule has 0 saturated carbocycles. The van der Waals surface area contributed by atoms with Gasteiger partial charge < -0.3 is 14.0 Å². The van der Waals surface area contributed by atoms with E-state index in [0.29, 0.717) is 42.7 Å². The van der Waals surface area contributed by atoms with Gasteiger partial charge in [-0.3, -0.25) is 9.48 Å².